The van der Waals surface area contributed by atoms with E-state index in [-0.39, 0.29) is 5.91 Å². The van der Waals surface area contributed by atoms with E-state index in [1.165, 1.54) is 0 Å². The zero-order valence-corrected chi connectivity index (χ0v) is 7.41. The summed E-state index contributed by atoms with van der Waals surface area (Å²) in [5.74, 6) is 0.651. The fourth-order valence-electron chi connectivity index (χ4n) is 1.28. The number of aromatic nitrogens is 2. The van der Waals surface area contributed by atoms with E-state index in [2.05, 4.69) is 10.1 Å². The molecule has 1 heterocycles. The number of aryl methyl sites for hydroxylation is 1. The predicted molar refractivity (Wildman–Crippen MR) is 43.8 cm³/mol. The summed E-state index contributed by atoms with van der Waals surface area (Å²) in [4.78, 5) is 15.2. The Kier molecular flexibility index (Phi) is 1.61. The SMILES string of the molecule is CCc1noc(C2(C(N)=O)CC2)n1. The van der Waals surface area contributed by atoms with Crippen LogP contribution in [0.2, 0.25) is 0 Å². The summed E-state index contributed by atoms with van der Waals surface area (Å²) in [7, 11) is 0. The summed E-state index contributed by atoms with van der Waals surface area (Å²) >= 11 is 0. The lowest BCUT2D eigenvalue weighted by atomic mass is 10.1. The first-order valence-corrected chi connectivity index (χ1v) is 4.32. The molecule has 0 radical (unpaired) electrons. The molecule has 1 aromatic heterocycles. The number of amides is 1. The minimum absolute atomic E-state index is 0.362. The van der Waals surface area contributed by atoms with Crippen molar-refractivity contribution in [2.45, 2.75) is 31.6 Å². The number of carbonyl (C=O) groups is 1. The number of carbonyl (C=O) groups excluding carboxylic acids is 1. The van der Waals surface area contributed by atoms with Gasteiger partial charge >= 0.3 is 0 Å². The smallest absolute Gasteiger partial charge is 0.242 e. The second-order valence-electron chi connectivity index (χ2n) is 3.32. The van der Waals surface area contributed by atoms with Gasteiger partial charge in [-0.3, -0.25) is 4.79 Å². The van der Waals surface area contributed by atoms with Gasteiger partial charge in [0.1, 0.15) is 5.41 Å². The Morgan fingerprint density at radius 1 is 1.69 bits per heavy atom. The summed E-state index contributed by atoms with van der Waals surface area (Å²) in [6, 6.07) is 0. The topological polar surface area (TPSA) is 82.0 Å². The standard InChI is InChI=1S/C8H11N3O2/c1-2-5-10-7(13-11-5)8(3-4-8)6(9)12/h2-4H2,1H3,(H2,9,12). The number of hydrogen-bond donors (Lipinski definition) is 1. The minimum atomic E-state index is -0.638. The van der Waals surface area contributed by atoms with Crippen molar-refractivity contribution in [2.24, 2.45) is 5.73 Å². The van der Waals surface area contributed by atoms with Crippen LogP contribution in [0.5, 0.6) is 0 Å². The van der Waals surface area contributed by atoms with Gasteiger partial charge in [0.25, 0.3) is 0 Å². The van der Waals surface area contributed by atoms with E-state index in [0.29, 0.717) is 18.1 Å². The molecule has 1 fully saturated rings. The third-order valence-corrected chi connectivity index (χ3v) is 2.42. The molecule has 1 amide bonds. The van der Waals surface area contributed by atoms with Gasteiger partial charge in [0.05, 0.1) is 0 Å². The molecule has 2 N–H and O–H groups in total. The van der Waals surface area contributed by atoms with E-state index in [1.807, 2.05) is 6.92 Å². The molecule has 0 saturated heterocycles. The van der Waals surface area contributed by atoms with Crippen LogP contribution in [0.3, 0.4) is 0 Å². The van der Waals surface area contributed by atoms with Crippen LogP contribution in [0.1, 0.15) is 31.5 Å². The zero-order valence-electron chi connectivity index (χ0n) is 7.41. The van der Waals surface area contributed by atoms with E-state index in [4.69, 9.17) is 10.3 Å². The van der Waals surface area contributed by atoms with Gasteiger partial charge in [-0.15, -0.1) is 0 Å². The Morgan fingerprint density at radius 2 is 2.38 bits per heavy atom. The van der Waals surface area contributed by atoms with Crippen LogP contribution >= 0.6 is 0 Å². The molecule has 1 aliphatic rings. The highest BCUT2D eigenvalue weighted by Gasteiger charge is 2.55. The molecule has 2 rings (SSSR count). The average molecular weight is 181 g/mol. The second kappa shape index (κ2) is 2.55. The summed E-state index contributed by atoms with van der Waals surface area (Å²) in [5.41, 5.74) is 4.61. The molecule has 0 atom stereocenters. The Balaban J connectivity index is 2.30. The second-order valence-corrected chi connectivity index (χ2v) is 3.32. The van der Waals surface area contributed by atoms with Crippen molar-refractivity contribution in [3.05, 3.63) is 11.7 Å². The Labute approximate surface area is 75.3 Å². The maximum Gasteiger partial charge on any atom is 0.242 e. The number of hydrogen-bond acceptors (Lipinski definition) is 4. The third-order valence-electron chi connectivity index (χ3n) is 2.42. The fourth-order valence-corrected chi connectivity index (χ4v) is 1.28. The van der Waals surface area contributed by atoms with Gasteiger partial charge in [-0.1, -0.05) is 12.1 Å². The van der Waals surface area contributed by atoms with Gasteiger partial charge in [-0.2, -0.15) is 4.98 Å². The molecule has 0 spiro atoms. The molecule has 5 heteroatoms. The molecular weight excluding hydrogens is 170 g/mol. The molecular formula is C8H11N3O2. The molecule has 0 unspecified atom stereocenters. The first kappa shape index (κ1) is 8.22. The highest BCUT2D eigenvalue weighted by Crippen LogP contribution is 2.46. The van der Waals surface area contributed by atoms with E-state index in [9.17, 15) is 4.79 Å². The van der Waals surface area contributed by atoms with Gasteiger partial charge in [0.2, 0.25) is 11.8 Å². The average Bonchev–Trinajstić information content (AvgIpc) is 2.79. The lowest BCUT2D eigenvalue weighted by Crippen LogP contribution is -2.28. The van der Waals surface area contributed by atoms with E-state index in [1.54, 1.807) is 0 Å². The normalized spacial score (nSPS) is 18.5. The summed E-state index contributed by atoms with van der Waals surface area (Å²) < 4.78 is 4.98. The monoisotopic (exact) mass is 181 g/mol. The first-order chi connectivity index (χ1) is 6.19. The lowest BCUT2D eigenvalue weighted by molar-refractivity contribution is -0.121. The summed E-state index contributed by atoms with van der Waals surface area (Å²) in [6.45, 7) is 1.93. The van der Waals surface area contributed by atoms with Crippen LogP contribution in [-0.4, -0.2) is 16.0 Å². The van der Waals surface area contributed by atoms with Gasteiger partial charge in [0.15, 0.2) is 5.82 Å². The summed E-state index contributed by atoms with van der Waals surface area (Å²) in [5, 5.41) is 3.73. The molecule has 0 bridgehead atoms. The Bertz CT molecular complexity index is 341. The van der Waals surface area contributed by atoms with Crippen molar-refractivity contribution >= 4 is 5.91 Å². The van der Waals surface area contributed by atoms with Gasteiger partial charge < -0.3 is 10.3 Å². The molecule has 5 nitrogen and oxygen atoms in total. The molecule has 0 aromatic carbocycles. The molecule has 1 aromatic rings. The van der Waals surface area contributed by atoms with Crippen LogP contribution in [0.25, 0.3) is 0 Å². The van der Waals surface area contributed by atoms with Gasteiger partial charge in [-0.05, 0) is 12.8 Å². The van der Waals surface area contributed by atoms with Crippen molar-refractivity contribution in [3.63, 3.8) is 0 Å². The van der Waals surface area contributed by atoms with Crippen molar-refractivity contribution in [3.8, 4) is 0 Å². The number of nitrogens with zero attached hydrogens (tertiary/aromatic N) is 2. The Morgan fingerprint density at radius 3 is 2.77 bits per heavy atom. The lowest BCUT2D eigenvalue weighted by Gasteiger charge is -2.01. The van der Waals surface area contributed by atoms with Crippen molar-refractivity contribution in [1.82, 2.24) is 10.1 Å². The Hall–Kier alpha value is -1.39. The highest BCUT2D eigenvalue weighted by molar-refractivity contribution is 5.88. The van der Waals surface area contributed by atoms with Crippen molar-refractivity contribution in [1.29, 1.82) is 0 Å². The zero-order chi connectivity index (χ0) is 9.47. The van der Waals surface area contributed by atoms with E-state index < -0.39 is 5.41 Å². The van der Waals surface area contributed by atoms with E-state index in [0.717, 1.165) is 12.8 Å². The maximum absolute atomic E-state index is 11.1. The number of nitrogens with two attached hydrogens (primary N) is 1. The molecule has 13 heavy (non-hydrogen) atoms. The van der Waals surface area contributed by atoms with Crippen LogP contribution in [0.15, 0.2) is 4.52 Å². The predicted octanol–water partition coefficient (Wildman–Crippen LogP) is 0.149. The largest absolute Gasteiger partial charge is 0.369 e. The van der Waals surface area contributed by atoms with Crippen molar-refractivity contribution in [2.75, 3.05) is 0 Å². The first-order valence-electron chi connectivity index (χ1n) is 4.32. The third kappa shape index (κ3) is 1.11. The fraction of sp³-hybridized carbons (Fsp3) is 0.625. The van der Waals surface area contributed by atoms with Crippen LogP contribution in [0, 0.1) is 0 Å². The van der Waals surface area contributed by atoms with Crippen LogP contribution < -0.4 is 5.73 Å². The number of primary amides is 1. The van der Waals surface area contributed by atoms with Gasteiger partial charge in [0, 0.05) is 6.42 Å². The van der Waals surface area contributed by atoms with E-state index >= 15 is 0 Å². The van der Waals surface area contributed by atoms with Crippen molar-refractivity contribution < 1.29 is 9.32 Å². The van der Waals surface area contributed by atoms with Crippen LogP contribution in [0.4, 0.5) is 0 Å². The minimum Gasteiger partial charge on any atom is -0.369 e. The molecule has 1 saturated carbocycles. The molecule has 70 valence electrons. The quantitative estimate of drug-likeness (QED) is 0.719. The highest BCUT2D eigenvalue weighted by atomic mass is 16.5. The molecule has 0 aliphatic heterocycles. The van der Waals surface area contributed by atoms with Crippen LogP contribution in [-0.2, 0) is 16.6 Å². The maximum atomic E-state index is 11.1. The summed E-state index contributed by atoms with van der Waals surface area (Å²) in [6.07, 6.45) is 2.17. The number of rotatable bonds is 3. The molecule has 1 aliphatic carbocycles. The van der Waals surface area contributed by atoms with Gasteiger partial charge in [-0.25, -0.2) is 0 Å².